The van der Waals surface area contributed by atoms with Crippen LogP contribution in [0.4, 0.5) is 0 Å². The molecule has 0 fully saturated rings. The van der Waals surface area contributed by atoms with Gasteiger partial charge < -0.3 is 15.8 Å². The molecule has 4 heteroatoms. The Morgan fingerprint density at radius 1 is 1.17 bits per heavy atom. The summed E-state index contributed by atoms with van der Waals surface area (Å²) in [5.74, 6) is 0. The predicted molar refractivity (Wildman–Crippen MR) is 78.3 cm³/mol. The van der Waals surface area contributed by atoms with Crippen LogP contribution in [0.1, 0.15) is 5.56 Å². The van der Waals surface area contributed by atoms with Gasteiger partial charge in [0.15, 0.2) is 0 Å². The summed E-state index contributed by atoms with van der Waals surface area (Å²) >= 11 is 1.79. The minimum absolute atomic E-state index is 0.681. The predicted octanol–water partition coefficient (Wildman–Crippen LogP) is 2.01. The summed E-state index contributed by atoms with van der Waals surface area (Å²) in [5, 5.41) is 6.67. The molecule has 98 valence electrons. The Morgan fingerprint density at radius 3 is 3.00 bits per heavy atom. The lowest BCUT2D eigenvalue weighted by molar-refractivity contribution is 0.139. The summed E-state index contributed by atoms with van der Waals surface area (Å²) in [6.07, 6.45) is 0.975. The standard InChI is InChI=1S/C14H20N2OS/c15-5-6-16-7-9-17-8-3-12-1-2-14-13(11-12)4-10-18-14/h1-2,4,10-11,16H,3,5-9,15H2. The largest absolute Gasteiger partial charge is 0.380 e. The van der Waals surface area contributed by atoms with Crippen molar-refractivity contribution < 1.29 is 4.74 Å². The van der Waals surface area contributed by atoms with Gasteiger partial charge in [-0.1, -0.05) is 12.1 Å². The minimum Gasteiger partial charge on any atom is -0.380 e. The zero-order valence-electron chi connectivity index (χ0n) is 10.5. The molecular weight excluding hydrogens is 244 g/mol. The second-order valence-electron chi connectivity index (χ2n) is 4.19. The first-order chi connectivity index (χ1) is 8.90. The van der Waals surface area contributed by atoms with Crippen LogP contribution in [0.3, 0.4) is 0 Å². The lowest BCUT2D eigenvalue weighted by Gasteiger charge is -2.05. The highest BCUT2D eigenvalue weighted by Crippen LogP contribution is 2.21. The van der Waals surface area contributed by atoms with E-state index in [1.807, 2.05) is 0 Å². The second-order valence-corrected chi connectivity index (χ2v) is 5.14. The number of hydrogen-bond acceptors (Lipinski definition) is 4. The van der Waals surface area contributed by atoms with Crippen LogP contribution in [0, 0.1) is 0 Å². The van der Waals surface area contributed by atoms with Crippen LogP contribution in [-0.2, 0) is 11.2 Å². The Morgan fingerprint density at radius 2 is 2.11 bits per heavy atom. The van der Waals surface area contributed by atoms with Crippen LogP contribution < -0.4 is 11.1 Å². The fourth-order valence-electron chi connectivity index (χ4n) is 1.84. The first-order valence-corrected chi connectivity index (χ1v) is 7.23. The van der Waals surface area contributed by atoms with Crippen molar-refractivity contribution in [2.45, 2.75) is 6.42 Å². The number of thiophene rings is 1. The van der Waals surface area contributed by atoms with Gasteiger partial charge in [0.25, 0.3) is 0 Å². The van der Waals surface area contributed by atoms with Crippen molar-refractivity contribution >= 4 is 21.4 Å². The van der Waals surface area contributed by atoms with Gasteiger partial charge >= 0.3 is 0 Å². The third-order valence-electron chi connectivity index (χ3n) is 2.80. The van der Waals surface area contributed by atoms with E-state index in [-0.39, 0.29) is 0 Å². The maximum atomic E-state index is 5.58. The van der Waals surface area contributed by atoms with Gasteiger partial charge in [-0.15, -0.1) is 11.3 Å². The molecule has 0 atom stereocenters. The number of rotatable bonds is 8. The molecule has 0 aliphatic carbocycles. The van der Waals surface area contributed by atoms with Gasteiger partial charge in [0, 0.05) is 24.3 Å². The molecule has 1 aromatic heterocycles. The maximum absolute atomic E-state index is 5.58. The quantitative estimate of drug-likeness (QED) is 0.717. The van der Waals surface area contributed by atoms with Gasteiger partial charge in [0.05, 0.1) is 13.2 Å². The van der Waals surface area contributed by atoms with Crippen molar-refractivity contribution in [2.24, 2.45) is 5.73 Å². The summed E-state index contributed by atoms with van der Waals surface area (Å²) in [5.41, 5.74) is 6.72. The SMILES string of the molecule is NCCNCCOCCc1ccc2sccc2c1. The van der Waals surface area contributed by atoms with Gasteiger partial charge in [-0.2, -0.15) is 0 Å². The Hall–Kier alpha value is -0.940. The van der Waals surface area contributed by atoms with Crippen LogP contribution in [0.25, 0.3) is 10.1 Å². The van der Waals surface area contributed by atoms with Crippen LogP contribution >= 0.6 is 11.3 Å². The van der Waals surface area contributed by atoms with E-state index in [0.717, 1.165) is 32.7 Å². The number of benzene rings is 1. The molecule has 0 saturated carbocycles. The molecule has 0 radical (unpaired) electrons. The molecule has 0 amide bonds. The molecule has 0 aliphatic rings. The number of nitrogens with two attached hydrogens (primary N) is 1. The monoisotopic (exact) mass is 264 g/mol. The molecule has 2 rings (SSSR count). The van der Waals surface area contributed by atoms with Gasteiger partial charge in [0.2, 0.25) is 0 Å². The molecule has 1 aromatic carbocycles. The van der Waals surface area contributed by atoms with Crippen molar-refractivity contribution in [2.75, 3.05) is 32.8 Å². The van der Waals surface area contributed by atoms with E-state index in [9.17, 15) is 0 Å². The summed E-state index contributed by atoms with van der Waals surface area (Å²) in [6, 6.07) is 8.80. The van der Waals surface area contributed by atoms with Gasteiger partial charge in [-0.25, -0.2) is 0 Å². The van der Waals surface area contributed by atoms with E-state index in [1.54, 1.807) is 11.3 Å². The maximum Gasteiger partial charge on any atom is 0.0591 e. The molecule has 0 aliphatic heterocycles. The number of ether oxygens (including phenoxy) is 1. The van der Waals surface area contributed by atoms with E-state index < -0.39 is 0 Å². The fourth-order valence-corrected chi connectivity index (χ4v) is 2.61. The normalized spacial score (nSPS) is 11.2. The number of nitrogens with one attached hydrogen (secondary N) is 1. The molecular formula is C14H20N2OS. The third kappa shape index (κ3) is 4.07. The average Bonchev–Trinajstić information content (AvgIpc) is 2.85. The molecule has 0 unspecified atom stereocenters. The summed E-state index contributed by atoms with van der Waals surface area (Å²) in [6.45, 7) is 3.94. The zero-order chi connectivity index (χ0) is 12.6. The van der Waals surface area contributed by atoms with Crippen LogP contribution in [0.15, 0.2) is 29.6 Å². The highest BCUT2D eigenvalue weighted by molar-refractivity contribution is 7.17. The molecule has 0 spiro atoms. The van der Waals surface area contributed by atoms with Gasteiger partial charge in [-0.3, -0.25) is 0 Å². The molecule has 0 saturated heterocycles. The van der Waals surface area contributed by atoms with Gasteiger partial charge in [0.1, 0.15) is 0 Å². The average molecular weight is 264 g/mol. The molecule has 2 aromatic rings. The topological polar surface area (TPSA) is 47.3 Å². The van der Waals surface area contributed by atoms with Crippen molar-refractivity contribution in [1.29, 1.82) is 0 Å². The number of fused-ring (bicyclic) bond motifs is 1. The third-order valence-corrected chi connectivity index (χ3v) is 3.69. The summed E-state index contributed by atoms with van der Waals surface area (Å²) < 4.78 is 6.93. The molecule has 3 nitrogen and oxygen atoms in total. The summed E-state index contributed by atoms with van der Waals surface area (Å²) in [4.78, 5) is 0. The Labute approximate surface area is 112 Å². The van der Waals surface area contributed by atoms with Crippen LogP contribution in [0.5, 0.6) is 0 Å². The first-order valence-electron chi connectivity index (χ1n) is 6.35. The Kier molecular flexibility index (Phi) is 5.61. The number of hydrogen-bond donors (Lipinski definition) is 2. The lowest BCUT2D eigenvalue weighted by Crippen LogP contribution is -2.26. The molecule has 0 bridgehead atoms. The highest BCUT2D eigenvalue weighted by Gasteiger charge is 1.98. The van der Waals surface area contributed by atoms with E-state index in [4.69, 9.17) is 10.5 Å². The van der Waals surface area contributed by atoms with E-state index >= 15 is 0 Å². The Balaban J connectivity index is 1.67. The lowest BCUT2D eigenvalue weighted by atomic mass is 10.1. The van der Waals surface area contributed by atoms with Crippen LogP contribution in [-0.4, -0.2) is 32.8 Å². The van der Waals surface area contributed by atoms with E-state index in [2.05, 4.69) is 35.0 Å². The Bertz CT molecular complexity index is 470. The first kappa shape index (κ1) is 13.5. The van der Waals surface area contributed by atoms with Crippen molar-refractivity contribution in [3.8, 4) is 0 Å². The fraction of sp³-hybridized carbons (Fsp3) is 0.429. The van der Waals surface area contributed by atoms with Crippen molar-refractivity contribution in [1.82, 2.24) is 5.32 Å². The highest BCUT2D eigenvalue weighted by atomic mass is 32.1. The van der Waals surface area contributed by atoms with Crippen LogP contribution in [0.2, 0.25) is 0 Å². The van der Waals surface area contributed by atoms with Gasteiger partial charge in [-0.05, 0) is 34.9 Å². The molecule has 1 heterocycles. The molecule has 18 heavy (non-hydrogen) atoms. The smallest absolute Gasteiger partial charge is 0.0591 e. The van der Waals surface area contributed by atoms with Crippen molar-refractivity contribution in [3.05, 3.63) is 35.2 Å². The van der Waals surface area contributed by atoms with E-state index in [1.165, 1.54) is 15.6 Å². The van der Waals surface area contributed by atoms with E-state index in [0.29, 0.717) is 6.54 Å². The van der Waals surface area contributed by atoms with Crippen molar-refractivity contribution in [3.63, 3.8) is 0 Å². The summed E-state index contributed by atoms with van der Waals surface area (Å²) in [7, 11) is 0. The zero-order valence-corrected chi connectivity index (χ0v) is 11.3. The molecule has 3 N–H and O–H groups in total. The second kappa shape index (κ2) is 7.48. The minimum atomic E-state index is 0.681.